The van der Waals surface area contributed by atoms with Gasteiger partial charge in [0.25, 0.3) is 0 Å². The third-order valence-electron chi connectivity index (χ3n) is 1.77. The van der Waals surface area contributed by atoms with E-state index in [0.717, 1.165) is 0 Å². The number of carboxylic acid groups (broad SMARTS) is 2. The van der Waals surface area contributed by atoms with Gasteiger partial charge in [-0.2, -0.15) is 0 Å². The Morgan fingerprint density at radius 1 is 1.06 bits per heavy atom. The maximum absolute atomic E-state index is 10.5. The van der Waals surface area contributed by atoms with E-state index in [2.05, 4.69) is 13.1 Å². The molecule has 4 nitrogen and oxygen atoms in total. The molecule has 6 heteroatoms. The Bertz CT molecular complexity index is 361. The first-order valence-corrected chi connectivity index (χ1v) is 7.80. The maximum atomic E-state index is 10.5. The van der Waals surface area contributed by atoms with Crippen LogP contribution in [0.1, 0.15) is 26.3 Å². The van der Waals surface area contributed by atoms with Crippen LogP contribution in [0.3, 0.4) is 0 Å². The van der Waals surface area contributed by atoms with Gasteiger partial charge in [-0.25, -0.2) is 0 Å². The van der Waals surface area contributed by atoms with E-state index in [1.165, 1.54) is 25.1 Å². The van der Waals surface area contributed by atoms with Crippen LogP contribution in [0.4, 0.5) is 0 Å². The van der Waals surface area contributed by atoms with E-state index in [-0.39, 0.29) is 38.4 Å². The van der Waals surface area contributed by atoms with Gasteiger partial charge in [-0.3, -0.25) is 0 Å². The molecular weight excluding hydrogens is 272 g/mol. The molecule has 90 valence electrons. The van der Waals surface area contributed by atoms with Crippen LogP contribution in [-0.4, -0.2) is 21.5 Å². The maximum Gasteiger partial charge on any atom is 2.00 e. The number of carboxylic acids is 2. The van der Waals surface area contributed by atoms with E-state index in [4.69, 9.17) is 0 Å². The van der Waals surface area contributed by atoms with E-state index in [0.29, 0.717) is 9.52 Å². The van der Waals surface area contributed by atoms with Gasteiger partial charge in [0.1, 0.15) is 0 Å². The van der Waals surface area contributed by atoms with Crippen molar-refractivity contribution in [2.75, 3.05) is 0 Å². The van der Waals surface area contributed by atoms with Crippen molar-refractivity contribution in [3.63, 3.8) is 0 Å². The van der Waals surface area contributed by atoms with Crippen LogP contribution in [0.25, 0.3) is 0 Å². The first-order valence-electron chi connectivity index (χ1n) is 4.97. The topological polar surface area (TPSA) is 80.3 Å². The number of aromatic carboxylic acids is 2. The normalized spacial score (nSPS) is 8.41. The van der Waals surface area contributed by atoms with Crippen molar-refractivity contribution in [3.05, 3.63) is 34.9 Å². The first-order chi connectivity index (χ1) is 7.45. The fourth-order valence-electron chi connectivity index (χ4n) is 1.08. The summed E-state index contributed by atoms with van der Waals surface area (Å²) in [5.41, 5.74) is -0.0918. The molecule has 0 N–H and O–H groups in total. The summed E-state index contributed by atoms with van der Waals surface area (Å²) in [6.45, 7) is 5.93. The van der Waals surface area contributed by atoms with Gasteiger partial charge in [0.15, 0.2) is 0 Å². The van der Waals surface area contributed by atoms with Crippen molar-refractivity contribution in [1.82, 2.24) is 0 Å². The SMILES string of the molecule is C[SiH2]C.Cc1c(C(=O)[O-])cccc1C(=O)[O-].[Ti+2]. The largest absolute Gasteiger partial charge is 2.00 e. The Balaban J connectivity index is 0. The third-order valence-corrected chi connectivity index (χ3v) is 1.77. The molecule has 0 heterocycles. The zero-order chi connectivity index (χ0) is 12.7. The van der Waals surface area contributed by atoms with E-state index in [1.54, 1.807) is 0 Å². The van der Waals surface area contributed by atoms with Gasteiger partial charge in [0.2, 0.25) is 0 Å². The minimum absolute atomic E-state index is 0. The Hall–Kier alpha value is -0.909. The molecule has 0 amide bonds. The van der Waals surface area contributed by atoms with Crippen LogP contribution >= 0.6 is 0 Å². The van der Waals surface area contributed by atoms with Crippen LogP contribution in [0, 0.1) is 6.92 Å². The average molecular weight is 286 g/mol. The minimum Gasteiger partial charge on any atom is -0.545 e. The van der Waals surface area contributed by atoms with E-state index >= 15 is 0 Å². The first kappa shape index (κ1) is 18.5. The van der Waals surface area contributed by atoms with Gasteiger partial charge < -0.3 is 19.8 Å². The molecule has 0 atom stereocenters. The Morgan fingerprint density at radius 3 is 1.59 bits per heavy atom. The molecule has 0 radical (unpaired) electrons. The number of rotatable bonds is 2. The Kier molecular flexibility index (Phi) is 9.94. The van der Waals surface area contributed by atoms with E-state index in [9.17, 15) is 19.8 Å². The van der Waals surface area contributed by atoms with Crippen molar-refractivity contribution in [2.45, 2.75) is 20.0 Å². The molecule has 1 aromatic rings. The second kappa shape index (κ2) is 9.16. The molecule has 17 heavy (non-hydrogen) atoms. The monoisotopic (exact) mass is 286 g/mol. The number of carbonyl (C=O) groups is 2. The molecule has 0 spiro atoms. The predicted molar refractivity (Wildman–Crippen MR) is 60.1 cm³/mol. The van der Waals surface area contributed by atoms with Gasteiger partial charge in [-0.15, -0.1) is 0 Å². The summed E-state index contributed by atoms with van der Waals surface area (Å²) in [5.74, 6) is -2.78. The van der Waals surface area contributed by atoms with Crippen molar-refractivity contribution >= 4 is 21.5 Å². The molecular formula is C11H14O4SiTi. The second-order valence-corrected chi connectivity index (χ2v) is 4.67. The second-order valence-electron chi connectivity index (χ2n) is 3.26. The van der Waals surface area contributed by atoms with Gasteiger partial charge in [0.05, 0.1) is 11.9 Å². The molecule has 0 unspecified atom stereocenters. The fourth-order valence-corrected chi connectivity index (χ4v) is 1.08. The molecule has 1 rings (SSSR count). The van der Waals surface area contributed by atoms with Crippen molar-refractivity contribution in [2.24, 2.45) is 0 Å². The summed E-state index contributed by atoms with van der Waals surface area (Å²) >= 11 is 0. The van der Waals surface area contributed by atoms with Crippen LogP contribution < -0.4 is 10.2 Å². The van der Waals surface area contributed by atoms with Crippen LogP contribution in [-0.2, 0) is 21.7 Å². The molecule has 0 aliphatic heterocycles. The molecule has 0 aliphatic rings. The summed E-state index contributed by atoms with van der Waals surface area (Å²) in [6.07, 6.45) is 0. The van der Waals surface area contributed by atoms with Crippen LogP contribution in [0.15, 0.2) is 18.2 Å². The summed E-state index contributed by atoms with van der Waals surface area (Å²) in [7, 11) is 0.417. The van der Waals surface area contributed by atoms with Crippen LogP contribution in [0.2, 0.25) is 13.1 Å². The number of benzene rings is 1. The van der Waals surface area contributed by atoms with Crippen molar-refractivity contribution in [1.29, 1.82) is 0 Å². The molecule has 0 saturated carbocycles. The van der Waals surface area contributed by atoms with Crippen molar-refractivity contribution < 1.29 is 41.5 Å². The van der Waals surface area contributed by atoms with E-state index < -0.39 is 11.9 Å². The van der Waals surface area contributed by atoms with Gasteiger partial charge in [-0.05, 0) is 12.5 Å². The number of carbonyl (C=O) groups excluding carboxylic acids is 2. The van der Waals surface area contributed by atoms with Gasteiger partial charge in [0, 0.05) is 20.6 Å². The smallest absolute Gasteiger partial charge is 0.545 e. The van der Waals surface area contributed by atoms with Crippen molar-refractivity contribution in [3.8, 4) is 0 Å². The average Bonchev–Trinajstić information content (AvgIpc) is 2.18. The quantitative estimate of drug-likeness (QED) is 0.651. The predicted octanol–water partition coefficient (Wildman–Crippen LogP) is -1.03. The summed E-state index contributed by atoms with van der Waals surface area (Å²) < 4.78 is 0. The Morgan fingerprint density at radius 2 is 1.35 bits per heavy atom. The zero-order valence-corrected chi connectivity index (χ0v) is 13.0. The Labute approximate surface area is 118 Å². The van der Waals surface area contributed by atoms with E-state index in [1.807, 2.05) is 0 Å². The minimum atomic E-state index is -1.39. The molecule has 0 saturated heterocycles. The summed E-state index contributed by atoms with van der Waals surface area (Å²) in [5, 5.41) is 20.9. The fraction of sp³-hybridized carbons (Fsp3) is 0.273. The van der Waals surface area contributed by atoms with Crippen LogP contribution in [0.5, 0.6) is 0 Å². The summed E-state index contributed by atoms with van der Waals surface area (Å²) in [6, 6.07) is 3.91. The van der Waals surface area contributed by atoms with Gasteiger partial charge >= 0.3 is 21.7 Å². The zero-order valence-electron chi connectivity index (χ0n) is 10.1. The number of hydrogen-bond donors (Lipinski definition) is 0. The molecule has 0 aliphatic carbocycles. The molecule has 0 aromatic heterocycles. The summed E-state index contributed by atoms with van der Waals surface area (Å²) in [4.78, 5) is 20.9. The molecule has 1 aromatic carbocycles. The number of hydrogen-bond acceptors (Lipinski definition) is 4. The standard InChI is InChI=1S/C9H8O4.C2H8Si.Ti/c1-5-6(8(10)11)3-2-4-7(5)9(12)13;1-3-2;/h2-4H,1H3,(H,10,11)(H,12,13);3H2,1-2H3;/q;;+2/p-2. The molecule has 0 fully saturated rings. The molecule has 0 bridgehead atoms. The van der Waals surface area contributed by atoms with Gasteiger partial charge in [-0.1, -0.05) is 31.3 Å². The third kappa shape index (κ3) is 5.81.